The molecule has 0 aliphatic heterocycles. The highest BCUT2D eigenvalue weighted by molar-refractivity contribution is 7.90. The van der Waals surface area contributed by atoms with Gasteiger partial charge in [-0.15, -0.1) is 0 Å². The number of pyridine rings is 1. The van der Waals surface area contributed by atoms with Crippen LogP contribution < -0.4 is 10.1 Å². The first-order chi connectivity index (χ1) is 13.2. The Labute approximate surface area is 161 Å². The van der Waals surface area contributed by atoms with Gasteiger partial charge in [0.05, 0.1) is 9.82 Å². The van der Waals surface area contributed by atoms with Gasteiger partial charge in [-0.25, -0.2) is 13.4 Å². The van der Waals surface area contributed by atoms with E-state index in [4.69, 9.17) is 4.74 Å². The van der Waals surface area contributed by atoms with E-state index >= 15 is 0 Å². The molecule has 0 aliphatic carbocycles. The lowest BCUT2D eigenvalue weighted by Gasteiger charge is -2.09. The summed E-state index contributed by atoms with van der Waals surface area (Å²) >= 11 is 0. The van der Waals surface area contributed by atoms with Gasteiger partial charge in [0.2, 0.25) is 0 Å². The van der Waals surface area contributed by atoms with Gasteiger partial charge in [0.25, 0.3) is 5.69 Å². The van der Waals surface area contributed by atoms with Crippen LogP contribution in [0.5, 0.6) is 11.5 Å². The first kappa shape index (κ1) is 19.3. The van der Waals surface area contributed by atoms with Crippen molar-refractivity contribution >= 4 is 27.0 Å². The summed E-state index contributed by atoms with van der Waals surface area (Å²) in [7, 11) is -3.31. The van der Waals surface area contributed by atoms with Crippen molar-refractivity contribution in [3.63, 3.8) is 0 Å². The molecule has 0 atom stereocenters. The maximum Gasteiger partial charge on any atom is 0.290 e. The van der Waals surface area contributed by atoms with Crippen LogP contribution in [0.2, 0.25) is 0 Å². The summed E-state index contributed by atoms with van der Waals surface area (Å²) < 4.78 is 29.0. The summed E-state index contributed by atoms with van der Waals surface area (Å²) in [4.78, 5) is 14.6. The lowest BCUT2D eigenvalue weighted by atomic mass is 10.2. The van der Waals surface area contributed by atoms with E-state index in [2.05, 4.69) is 10.3 Å². The molecule has 0 radical (unpaired) electrons. The predicted octanol–water partition coefficient (Wildman–Crippen LogP) is 4.24. The molecule has 1 heterocycles. The minimum Gasteiger partial charge on any atom is -0.457 e. The van der Waals surface area contributed by atoms with Gasteiger partial charge in [0.15, 0.2) is 9.84 Å². The van der Waals surface area contributed by atoms with Crippen LogP contribution in [0.1, 0.15) is 5.56 Å². The Kier molecular flexibility index (Phi) is 5.27. The third-order valence-electron chi connectivity index (χ3n) is 3.88. The molecule has 2 aromatic carbocycles. The van der Waals surface area contributed by atoms with Crippen molar-refractivity contribution in [2.75, 3.05) is 11.6 Å². The molecule has 28 heavy (non-hydrogen) atoms. The minimum atomic E-state index is -3.31. The SMILES string of the molecule is Cc1cc(Nc2ccc(Oc3cccc(S(C)(=O)=O)c3)cc2)ncc1[N+](=O)[O-]. The number of hydrogen-bond donors (Lipinski definition) is 1. The molecule has 0 amide bonds. The molecule has 3 rings (SSSR count). The monoisotopic (exact) mass is 399 g/mol. The Bertz CT molecular complexity index is 1130. The summed E-state index contributed by atoms with van der Waals surface area (Å²) in [6.07, 6.45) is 2.35. The maximum absolute atomic E-state index is 11.6. The Hall–Kier alpha value is -3.46. The van der Waals surface area contributed by atoms with Gasteiger partial charge < -0.3 is 10.1 Å². The van der Waals surface area contributed by atoms with E-state index < -0.39 is 14.8 Å². The van der Waals surface area contributed by atoms with Gasteiger partial charge in [-0.05, 0) is 55.5 Å². The van der Waals surface area contributed by atoms with Crippen molar-refractivity contribution in [3.8, 4) is 11.5 Å². The Balaban J connectivity index is 1.72. The molecule has 1 N–H and O–H groups in total. The lowest BCUT2D eigenvalue weighted by Crippen LogP contribution is -1.98. The lowest BCUT2D eigenvalue weighted by molar-refractivity contribution is -0.385. The second-order valence-electron chi connectivity index (χ2n) is 6.11. The fourth-order valence-corrected chi connectivity index (χ4v) is 3.12. The molecule has 0 fully saturated rings. The van der Waals surface area contributed by atoms with Crippen molar-refractivity contribution < 1.29 is 18.1 Å². The van der Waals surface area contributed by atoms with Gasteiger partial charge in [-0.2, -0.15) is 0 Å². The van der Waals surface area contributed by atoms with Crippen LogP contribution in [0.3, 0.4) is 0 Å². The van der Waals surface area contributed by atoms with Crippen LogP contribution >= 0.6 is 0 Å². The van der Waals surface area contributed by atoms with E-state index in [1.807, 2.05) is 0 Å². The molecular formula is C19H17N3O5S. The Morgan fingerprint density at radius 3 is 2.39 bits per heavy atom. The summed E-state index contributed by atoms with van der Waals surface area (Å²) in [6, 6.07) is 14.8. The number of ether oxygens (including phenoxy) is 1. The normalized spacial score (nSPS) is 11.1. The molecule has 0 saturated carbocycles. The van der Waals surface area contributed by atoms with Crippen molar-refractivity contribution in [2.45, 2.75) is 11.8 Å². The highest BCUT2D eigenvalue weighted by atomic mass is 32.2. The highest BCUT2D eigenvalue weighted by Crippen LogP contribution is 2.27. The molecule has 0 unspecified atom stereocenters. The number of rotatable bonds is 6. The molecule has 0 spiro atoms. The summed E-state index contributed by atoms with van der Waals surface area (Å²) in [5.74, 6) is 1.43. The summed E-state index contributed by atoms with van der Waals surface area (Å²) in [5, 5.41) is 13.9. The molecule has 0 saturated heterocycles. The highest BCUT2D eigenvalue weighted by Gasteiger charge is 2.12. The van der Waals surface area contributed by atoms with Gasteiger partial charge in [0, 0.05) is 17.5 Å². The number of aryl methyl sites for hydroxylation is 1. The van der Waals surface area contributed by atoms with E-state index in [9.17, 15) is 18.5 Å². The van der Waals surface area contributed by atoms with Crippen LogP contribution in [0.15, 0.2) is 65.7 Å². The quantitative estimate of drug-likeness (QED) is 0.487. The van der Waals surface area contributed by atoms with Crippen LogP contribution in [0.4, 0.5) is 17.2 Å². The van der Waals surface area contributed by atoms with Crippen LogP contribution in [-0.4, -0.2) is 24.6 Å². The van der Waals surface area contributed by atoms with Crippen LogP contribution in [0, 0.1) is 17.0 Å². The number of nitro groups is 1. The molecule has 9 heteroatoms. The zero-order valence-corrected chi connectivity index (χ0v) is 15.9. The number of aromatic nitrogens is 1. The minimum absolute atomic E-state index is 0.0365. The smallest absolute Gasteiger partial charge is 0.290 e. The van der Waals surface area contributed by atoms with E-state index in [0.717, 1.165) is 11.9 Å². The average Bonchev–Trinajstić information content (AvgIpc) is 2.63. The number of nitrogens with one attached hydrogen (secondary N) is 1. The maximum atomic E-state index is 11.6. The fourth-order valence-electron chi connectivity index (χ4n) is 2.47. The Morgan fingerprint density at radius 1 is 1.07 bits per heavy atom. The van der Waals surface area contributed by atoms with E-state index in [1.165, 1.54) is 18.3 Å². The van der Waals surface area contributed by atoms with Crippen molar-refractivity contribution in [2.24, 2.45) is 0 Å². The van der Waals surface area contributed by atoms with Gasteiger partial charge >= 0.3 is 0 Å². The van der Waals surface area contributed by atoms with E-state index in [1.54, 1.807) is 49.4 Å². The molecule has 8 nitrogen and oxygen atoms in total. The Morgan fingerprint density at radius 2 is 1.79 bits per heavy atom. The van der Waals surface area contributed by atoms with Crippen molar-refractivity contribution in [1.29, 1.82) is 0 Å². The standard InChI is InChI=1S/C19H17N3O5S/c1-13-10-19(20-12-18(13)22(23)24)21-14-6-8-15(9-7-14)27-16-4-3-5-17(11-16)28(2,25)26/h3-12H,1-2H3,(H,20,21). The third kappa shape index (κ3) is 4.63. The van der Waals surface area contributed by atoms with Gasteiger partial charge in [-0.1, -0.05) is 6.07 Å². The molecule has 0 bridgehead atoms. The van der Waals surface area contributed by atoms with E-state index in [0.29, 0.717) is 22.9 Å². The fraction of sp³-hybridized carbons (Fsp3) is 0.105. The zero-order valence-electron chi connectivity index (χ0n) is 15.1. The van der Waals surface area contributed by atoms with E-state index in [-0.39, 0.29) is 10.6 Å². The number of sulfone groups is 1. The van der Waals surface area contributed by atoms with Gasteiger partial charge in [-0.3, -0.25) is 10.1 Å². The first-order valence-electron chi connectivity index (χ1n) is 8.18. The second-order valence-corrected chi connectivity index (χ2v) is 8.13. The third-order valence-corrected chi connectivity index (χ3v) is 4.99. The first-order valence-corrected chi connectivity index (χ1v) is 10.1. The molecule has 1 aromatic heterocycles. The zero-order chi connectivity index (χ0) is 20.3. The second kappa shape index (κ2) is 7.65. The molecular weight excluding hydrogens is 382 g/mol. The average molecular weight is 399 g/mol. The molecule has 3 aromatic rings. The molecule has 144 valence electrons. The number of benzene rings is 2. The summed E-state index contributed by atoms with van der Waals surface area (Å²) in [6.45, 7) is 1.65. The summed E-state index contributed by atoms with van der Waals surface area (Å²) in [5.41, 5.74) is 1.19. The van der Waals surface area contributed by atoms with Gasteiger partial charge in [0.1, 0.15) is 23.5 Å². The number of nitrogens with zero attached hydrogens (tertiary/aromatic N) is 2. The predicted molar refractivity (Wildman–Crippen MR) is 105 cm³/mol. The topological polar surface area (TPSA) is 111 Å². The van der Waals surface area contributed by atoms with Crippen molar-refractivity contribution in [1.82, 2.24) is 4.98 Å². The largest absolute Gasteiger partial charge is 0.457 e. The number of anilines is 2. The number of hydrogen-bond acceptors (Lipinski definition) is 7. The van der Waals surface area contributed by atoms with Crippen molar-refractivity contribution in [3.05, 3.63) is 76.5 Å². The molecule has 0 aliphatic rings. The van der Waals surface area contributed by atoms with Crippen LogP contribution in [0.25, 0.3) is 0 Å². The van der Waals surface area contributed by atoms with Crippen LogP contribution in [-0.2, 0) is 9.84 Å².